The fraction of sp³-hybridized carbons (Fsp3) is 0.333. The molecule has 18 heavy (non-hydrogen) atoms. The molecule has 0 spiro atoms. The van der Waals surface area contributed by atoms with Crippen LogP contribution < -0.4 is 5.73 Å². The number of benzene rings is 1. The number of rotatable bonds is 4. The number of amidine groups is 1. The third kappa shape index (κ3) is 2.98. The molecule has 0 atom stereocenters. The second kappa shape index (κ2) is 5.35. The van der Waals surface area contributed by atoms with Crippen molar-refractivity contribution in [2.45, 2.75) is 18.8 Å². The largest absolute Gasteiger partial charge is 0.383 e. The van der Waals surface area contributed by atoms with Gasteiger partial charge in [-0.25, -0.2) is 9.18 Å². The summed E-state index contributed by atoms with van der Waals surface area (Å²) in [6.45, 7) is 0. The van der Waals surface area contributed by atoms with E-state index in [1.54, 1.807) is 0 Å². The summed E-state index contributed by atoms with van der Waals surface area (Å²) in [6.07, 6.45) is 1.90. The Hall–Kier alpha value is -1.62. The van der Waals surface area contributed by atoms with Gasteiger partial charge >= 0.3 is 5.97 Å². The van der Waals surface area contributed by atoms with Gasteiger partial charge in [0.2, 0.25) is 0 Å². The molecule has 0 bridgehead atoms. The fourth-order valence-electron chi connectivity index (χ4n) is 1.56. The second-order valence-electron chi connectivity index (χ2n) is 4.11. The standard InChI is InChI=1S/C12H12ClFN2O2/c13-6-11(15)16-18-12(17)8-3-4-10(14)9(5-8)7-1-2-7/h3-5,7H,1-2,6H2,(H2,15,16). The predicted octanol–water partition coefficient (Wildman–Crippen LogP) is 2.37. The highest BCUT2D eigenvalue weighted by atomic mass is 35.5. The summed E-state index contributed by atoms with van der Waals surface area (Å²) in [7, 11) is 0. The Bertz CT molecular complexity index is 501. The average Bonchev–Trinajstić information content (AvgIpc) is 3.20. The molecule has 1 aromatic rings. The fourth-order valence-corrected chi connectivity index (χ4v) is 1.60. The second-order valence-corrected chi connectivity index (χ2v) is 4.37. The molecule has 1 aliphatic carbocycles. The van der Waals surface area contributed by atoms with Crippen LogP contribution in [0.1, 0.15) is 34.7 Å². The van der Waals surface area contributed by atoms with Gasteiger partial charge in [0.15, 0.2) is 5.84 Å². The minimum Gasteiger partial charge on any atom is -0.383 e. The summed E-state index contributed by atoms with van der Waals surface area (Å²) >= 11 is 5.38. The molecule has 1 saturated carbocycles. The normalized spacial score (nSPS) is 15.6. The van der Waals surface area contributed by atoms with Crippen molar-refractivity contribution in [3.05, 3.63) is 35.1 Å². The molecule has 0 radical (unpaired) electrons. The van der Waals surface area contributed by atoms with E-state index in [9.17, 15) is 9.18 Å². The van der Waals surface area contributed by atoms with Crippen LogP contribution in [0.3, 0.4) is 0 Å². The lowest BCUT2D eigenvalue weighted by Crippen LogP contribution is -2.15. The van der Waals surface area contributed by atoms with Gasteiger partial charge in [0.25, 0.3) is 0 Å². The van der Waals surface area contributed by atoms with Crippen molar-refractivity contribution >= 4 is 23.4 Å². The summed E-state index contributed by atoms with van der Waals surface area (Å²) in [5.74, 6) is -0.768. The van der Waals surface area contributed by atoms with Crippen molar-refractivity contribution in [1.82, 2.24) is 0 Å². The summed E-state index contributed by atoms with van der Waals surface area (Å²) < 4.78 is 13.5. The van der Waals surface area contributed by atoms with Gasteiger partial charge in [-0.2, -0.15) is 0 Å². The molecule has 6 heteroatoms. The van der Waals surface area contributed by atoms with Gasteiger partial charge in [-0.1, -0.05) is 5.16 Å². The first-order valence-electron chi connectivity index (χ1n) is 5.51. The van der Waals surface area contributed by atoms with Crippen LogP contribution in [-0.2, 0) is 4.84 Å². The predicted molar refractivity (Wildman–Crippen MR) is 66.1 cm³/mol. The Morgan fingerprint density at radius 3 is 2.89 bits per heavy atom. The van der Waals surface area contributed by atoms with E-state index >= 15 is 0 Å². The summed E-state index contributed by atoms with van der Waals surface area (Å²) in [6, 6.07) is 4.12. The van der Waals surface area contributed by atoms with Crippen molar-refractivity contribution in [1.29, 1.82) is 0 Å². The van der Waals surface area contributed by atoms with Crippen LogP contribution in [0.2, 0.25) is 0 Å². The SMILES string of the molecule is N/C(CCl)=N\OC(=O)c1ccc(F)c(C2CC2)c1. The molecule has 0 aliphatic heterocycles. The number of carbonyl (C=O) groups excluding carboxylic acids is 1. The summed E-state index contributed by atoms with van der Waals surface area (Å²) in [4.78, 5) is 16.2. The lowest BCUT2D eigenvalue weighted by molar-refractivity contribution is 0.0515. The van der Waals surface area contributed by atoms with Crippen molar-refractivity contribution < 1.29 is 14.0 Å². The van der Waals surface area contributed by atoms with Crippen LogP contribution in [0.15, 0.2) is 23.4 Å². The highest BCUT2D eigenvalue weighted by Gasteiger charge is 2.27. The average molecular weight is 271 g/mol. The van der Waals surface area contributed by atoms with E-state index in [2.05, 4.69) is 9.99 Å². The van der Waals surface area contributed by atoms with E-state index in [-0.39, 0.29) is 29.0 Å². The number of nitrogens with two attached hydrogens (primary N) is 1. The zero-order valence-corrected chi connectivity index (χ0v) is 10.3. The Balaban J connectivity index is 2.13. The third-order valence-corrected chi connectivity index (χ3v) is 2.91. The van der Waals surface area contributed by atoms with Gasteiger partial charge in [-0.3, -0.25) is 0 Å². The highest BCUT2D eigenvalue weighted by molar-refractivity contribution is 6.27. The molecule has 96 valence electrons. The molecule has 2 N–H and O–H groups in total. The van der Waals surface area contributed by atoms with E-state index in [0.717, 1.165) is 12.8 Å². The monoisotopic (exact) mass is 270 g/mol. The van der Waals surface area contributed by atoms with Crippen LogP contribution >= 0.6 is 11.6 Å². The third-order valence-electron chi connectivity index (χ3n) is 2.63. The lowest BCUT2D eigenvalue weighted by atomic mass is 10.1. The van der Waals surface area contributed by atoms with Crippen molar-refractivity contribution in [2.24, 2.45) is 10.9 Å². The molecule has 0 aromatic heterocycles. The van der Waals surface area contributed by atoms with Crippen LogP contribution in [0.25, 0.3) is 0 Å². The molecule has 4 nitrogen and oxygen atoms in total. The highest BCUT2D eigenvalue weighted by Crippen LogP contribution is 2.41. The molecule has 1 aliphatic rings. The number of halogens is 2. The summed E-state index contributed by atoms with van der Waals surface area (Å²) in [5, 5.41) is 3.35. The molecular weight excluding hydrogens is 259 g/mol. The Kier molecular flexibility index (Phi) is 3.81. The summed E-state index contributed by atoms with van der Waals surface area (Å²) in [5.41, 5.74) is 6.10. The molecule has 0 amide bonds. The molecular formula is C12H12ClFN2O2. The first-order valence-corrected chi connectivity index (χ1v) is 6.04. The molecule has 2 rings (SSSR count). The molecule has 0 saturated heterocycles. The van der Waals surface area contributed by atoms with Crippen LogP contribution in [0.4, 0.5) is 4.39 Å². The Morgan fingerprint density at radius 1 is 1.56 bits per heavy atom. The first-order chi connectivity index (χ1) is 8.61. The Morgan fingerprint density at radius 2 is 2.28 bits per heavy atom. The number of nitrogens with zero attached hydrogens (tertiary/aromatic N) is 1. The number of hydrogen-bond acceptors (Lipinski definition) is 3. The van der Waals surface area contributed by atoms with Crippen LogP contribution in [0, 0.1) is 5.82 Å². The van der Waals surface area contributed by atoms with E-state index in [4.69, 9.17) is 17.3 Å². The zero-order valence-electron chi connectivity index (χ0n) is 9.53. The number of hydrogen-bond donors (Lipinski definition) is 1. The van der Waals surface area contributed by atoms with Gasteiger partial charge in [0, 0.05) is 0 Å². The maximum atomic E-state index is 13.5. The topological polar surface area (TPSA) is 64.7 Å². The van der Waals surface area contributed by atoms with Crippen LogP contribution in [-0.4, -0.2) is 17.7 Å². The quantitative estimate of drug-likeness (QED) is 0.300. The smallest absolute Gasteiger partial charge is 0.365 e. The van der Waals surface area contributed by atoms with Gasteiger partial charge in [-0.05, 0) is 42.5 Å². The van der Waals surface area contributed by atoms with Crippen molar-refractivity contribution in [2.75, 3.05) is 5.88 Å². The minimum absolute atomic E-state index is 0.00884. The van der Waals surface area contributed by atoms with Gasteiger partial charge in [0.1, 0.15) is 5.82 Å². The molecule has 0 unspecified atom stereocenters. The first kappa shape index (κ1) is 12.8. The molecule has 0 heterocycles. The van der Waals surface area contributed by atoms with Crippen molar-refractivity contribution in [3.63, 3.8) is 0 Å². The molecule has 1 fully saturated rings. The van der Waals surface area contributed by atoms with Gasteiger partial charge in [0.05, 0.1) is 11.4 Å². The maximum Gasteiger partial charge on any atom is 0.365 e. The lowest BCUT2D eigenvalue weighted by Gasteiger charge is -2.04. The molecule has 1 aromatic carbocycles. The number of alkyl halides is 1. The van der Waals surface area contributed by atoms with Gasteiger partial charge in [-0.15, -0.1) is 11.6 Å². The van der Waals surface area contributed by atoms with Crippen LogP contribution in [0.5, 0.6) is 0 Å². The van der Waals surface area contributed by atoms with E-state index in [1.807, 2.05) is 0 Å². The Labute approximate surface area is 109 Å². The number of oxime groups is 1. The van der Waals surface area contributed by atoms with E-state index < -0.39 is 5.97 Å². The van der Waals surface area contributed by atoms with Crippen molar-refractivity contribution in [3.8, 4) is 0 Å². The van der Waals surface area contributed by atoms with E-state index in [1.165, 1.54) is 18.2 Å². The number of carbonyl (C=O) groups is 1. The zero-order chi connectivity index (χ0) is 13.1. The van der Waals surface area contributed by atoms with Gasteiger partial charge < -0.3 is 10.6 Å². The maximum absolute atomic E-state index is 13.5. The van der Waals surface area contributed by atoms with E-state index in [0.29, 0.717) is 5.56 Å². The minimum atomic E-state index is -0.676.